The van der Waals surface area contributed by atoms with Crippen LogP contribution in [0.4, 0.5) is 19.3 Å². The predicted molar refractivity (Wildman–Crippen MR) is 87.6 cm³/mol. The van der Waals surface area contributed by atoms with Gasteiger partial charge in [0, 0.05) is 5.69 Å². The molecule has 0 unspecified atom stereocenters. The van der Waals surface area contributed by atoms with Crippen molar-refractivity contribution in [3.63, 3.8) is 0 Å². The first-order valence-electron chi connectivity index (χ1n) is 7.34. The molecule has 0 bridgehead atoms. The Kier molecular flexibility index (Phi) is 4.15. The van der Waals surface area contributed by atoms with Gasteiger partial charge in [-0.2, -0.15) is 0 Å². The van der Waals surface area contributed by atoms with Crippen LogP contribution in [0.2, 0.25) is 0 Å². The fourth-order valence-electron chi connectivity index (χ4n) is 2.51. The average Bonchev–Trinajstić information content (AvgIpc) is 2.83. The van der Waals surface area contributed by atoms with Crippen LogP contribution in [-0.4, -0.2) is 20.4 Å². The molecule has 3 N–H and O–H groups in total. The molecule has 26 heavy (non-hydrogen) atoms. The minimum atomic E-state index is -4.35. The van der Waals surface area contributed by atoms with Crippen molar-refractivity contribution < 1.29 is 26.8 Å². The highest BCUT2D eigenvalue weighted by Crippen LogP contribution is 2.26. The molecule has 0 radical (unpaired) electrons. The Morgan fingerprint density at radius 2 is 1.69 bits per heavy atom. The van der Waals surface area contributed by atoms with E-state index < -0.39 is 44.0 Å². The monoisotopic (exact) mass is 381 g/mol. The first kappa shape index (κ1) is 17.8. The van der Waals surface area contributed by atoms with E-state index in [1.807, 2.05) is 0 Å². The zero-order valence-corrected chi connectivity index (χ0v) is 14.2. The van der Waals surface area contributed by atoms with Crippen LogP contribution < -0.4 is 15.4 Å². The Bertz CT molecular complexity index is 1010. The number of hydrogen-bond donors (Lipinski definition) is 3. The number of halogens is 2. The zero-order valence-electron chi connectivity index (χ0n) is 13.3. The second kappa shape index (κ2) is 6.06. The molecule has 2 aromatic rings. The second-order valence-corrected chi connectivity index (χ2v) is 7.44. The summed E-state index contributed by atoms with van der Waals surface area (Å²) in [6.07, 6.45) is 0. The van der Waals surface area contributed by atoms with Crippen molar-refractivity contribution in [1.29, 1.82) is 0 Å². The molecule has 10 heteroatoms. The van der Waals surface area contributed by atoms with Crippen LogP contribution in [0.25, 0.3) is 0 Å². The van der Waals surface area contributed by atoms with Crippen LogP contribution in [0.3, 0.4) is 0 Å². The molecule has 1 aliphatic heterocycles. The summed E-state index contributed by atoms with van der Waals surface area (Å²) < 4.78 is 53.5. The molecule has 3 rings (SSSR count). The Balaban J connectivity index is 1.87. The van der Waals surface area contributed by atoms with Gasteiger partial charge in [0.1, 0.15) is 22.1 Å². The first-order chi connectivity index (χ1) is 12.1. The standard InChI is InChI=1S/C16H13F2N3O4S/c1-16(14(22)19-15(23)20-16)9-2-5-11(6-3-9)21-26(24,25)13-8-10(17)4-7-12(13)18/h2-8,21H,1H3,(H2,19,20,22,23)/t16-/m1/s1. The minimum absolute atomic E-state index is 0.0748. The molecular formula is C16H13F2N3O4S. The highest BCUT2D eigenvalue weighted by molar-refractivity contribution is 7.92. The Hall–Kier alpha value is -3.01. The number of rotatable bonds is 4. The maximum absolute atomic E-state index is 13.7. The number of amides is 3. The van der Waals surface area contributed by atoms with E-state index in [0.717, 1.165) is 12.1 Å². The molecule has 1 aliphatic rings. The molecule has 0 aromatic heterocycles. The fourth-order valence-corrected chi connectivity index (χ4v) is 3.66. The van der Waals surface area contributed by atoms with Crippen molar-refractivity contribution in [1.82, 2.24) is 10.6 Å². The number of hydrogen-bond acceptors (Lipinski definition) is 4. The molecule has 2 aromatic carbocycles. The van der Waals surface area contributed by atoms with Crippen molar-refractivity contribution >= 4 is 27.6 Å². The highest BCUT2D eigenvalue weighted by atomic mass is 32.2. The SMILES string of the molecule is C[C@]1(c2ccc(NS(=O)(=O)c3cc(F)ccc3F)cc2)NC(=O)NC1=O. The van der Waals surface area contributed by atoms with E-state index in [2.05, 4.69) is 15.4 Å². The molecule has 7 nitrogen and oxygen atoms in total. The summed E-state index contributed by atoms with van der Waals surface area (Å²) in [4.78, 5) is 22.4. The van der Waals surface area contributed by atoms with E-state index in [1.165, 1.54) is 31.2 Å². The van der Waals surface area contributed by atoms with Crippen molar-refractivity contribution in [2.45, 2.75) is 17.4 Å². The molecule has 1 atom stereocenters. The van der Waals surface area contributed by atoms with E-state index >= 15 is 0 Å². The fraction of sp³-hybridized carbons (Fsp3) is 0.125. The van der Waals surface area contributed by atoms with Crippen LogP contribution in [0.1, 0.15) is 12.5 Å². The van der Waals surface area contributed by atoms with Crippen molar-refractivity contribution in [2.24, 2.45) is 0 Å². The third-order valence-corrected chi connectivity index (χ3v) is 5.34. The summed E-state index contributed by atoms with van der Waals surface area (Å²) in [5.41, 5.74) is -0.796. The van der Waals surface area contributed by atoms with Gasteiger partial charge in [-0.3, -0.25) is 14.8 Å². The normalized spacial score (nSPS) is 19.8. The lowest BCUT2D eigenvalue weighted by atomic mass is 9.92. The number of urea groups is 1. The molecule has 136 valence electrons. The van der Waals surface area contributed by atoms with E-state index in [1.54, 1.807) is 0 Å². The van der Waals surface area contributed by atoms with Gasteiger partial charge in [0.15, 0.2) is 0 Å². The number of nitrogens with one attached hydrogen (secondary N) is 3. The third kappa shape index (κ3) is 3.10. The number of sulfonamides is 1. The van der Waals surface area contributed by atoms with Gasteiger partial charge >= 0.3 is 6.03 Å². The van der Waals surface area contributed by atoms with Gasteiger partial charge in [-0.15, -0.1) is 0 Å². The molecular weight excluding hydrogens is 368 g/mol. The summed E-state index contributed by atoms with van der Waals surface area (Å²) in [5, 5.41) is 4.59. The van der Waals surface area contributed by atoms with Gasteiger partial charge in [0.2, 0.25) is 0 Å². The molecule has 1 heterocycles. The molecule has 3 amide bonds. The quantitative estimate of drug-likeness (QED) is 0.703. The number of carbonyl (C=O) groups excluding carboxylic acids is 2. The van der Waals surface area contributed by atoms with E-state index in [4.69, 9.17) is 0 Å². The van der Waals surface area contributed by atoms with Crippen molar-refractivity contribution in [3.05, 3.63) is 59.7 Å². The Labute approximate surface area is 147 Å². The van der Waals surface area contributed by atoms with Gasteiger partial charge in [-0.1, -0.05) is 12.1 Å². The van der Waals surface area contributed by atoms with Crippen LogP contribution in [-0.2, 0) is 20.4 Å². The number of carbonyl (C=O) groups is 2. The lowest BCUT2D eigenvalue weighted by Crippen LogP contribution is -2.40. The lowest BCUT2D eigenvalue weighted by Gasteiger charge is -2.21. The van der Waals surface area contributed by atoms with Gasteiger partial charge in [0.25, 0.3) is 15.9 Å². The summed E-state index contributed by atoms with van der Waals surface area (Å²) in [5.74, 6) is -2.52. The Morgan fingerprint density at radius 3 is 2.27 bits per heavy atom. The highest BCUT2D eigenvalue weighted by Gasteiger charge is 2.43. The van der Waals surface area contributed by atoms with Gasteiger partial charge < -0.3 is 5.32 Å². The predicted octanol–water partition coefficient (Wildman–Crippen LogP) is 1.82. The summed E-state index contributed by atoms with van der Waals surface area (Å²) in [6, 6.07) is 7.02. The zero-order chi connectivity index (χ0) is 19.1. The first-order valence-corrected chi connectivity index (χ1v) is 8.82. The molecule has 1 fully saturated rings. The molecule has 0 spiro atoms. The summed E-state index contributed by atoms with van der Waals surface area (Å²) in [6.45, 7) is 1.49. The Morgan fingerprint density at radius 1 is 1.04 bits per heavy atom. The third-order valence-electron chi connectivity index (χ3n) is 3.94. The van der Waals surface area contributed by atoms with Crippen LogP contribution in [0.15, 0.2) is 47.4 Å². The lowest BCUT2D eigenvalue weighted by molar-refractivity contribution is -0.123. The molecule has 0 aliphatic carbocycles. The van der Waals surface area contributed by atoms with E-state index in [0.29, 0.717) is 11.6 Å². The van der Waals surface area contributed by atoms with Crippen molar-refractivity contribution in [3.8, 4) is 0 Å². The summed E-state index contributed by atoms with van der Waals surface area (Å²) in [7, 11) is -4.35. The van der Waals surface area contributed by atoms with Crippen LogP contribution in [0.5, 0.6) is 0 Å². The van der Waals surface area contributed by atoms with Crippen molar-refractivity contribution in [2.75, 3.05) is 4.72 Å². The maximum Gasteiger partial charge on any atom is 0.322 e. The number of anilines is 1. The van der Waals surface area contributed by atoms with Gasteiger partial charge in [-0.25, -0.2) is 22.0 Å². The average molecular weight is 381 g/mol. The van der Waals surface area contributed by atoms with Gasteiger partial charge in [0.05, 0.1) is 0 Å². The molecule has 1 saturated heterocycles. The summed E-state index contributed by atoms with van der Waals surface area (Å²) >= 11 is 0. The number of imide groups is 1. The number of benzene rings is 2. The minimum Gasteiger partial charge on any atom is -0.320 e. The largest absolute Gasteiger partial charge is 0.322 e. The second-order valence-electron chi connectivity index (χ2n) is 5.79. The van der Waals surface area contributed by atoms with Crippen LogP contribution in [0, 0.1) is 11.6 Å². The van der Waals surface area contributed by atoms with Crippen LogP contribution >= 0.6 is 0 Å². The molecule has 0 saturated carbocycles. The topological polar surface area (TPSA) is 104 Å². The van der Waals surface area contributed by atoms with Gasteiger partial charge in [-0.05, 0) is 42.8 Å². The maximum atomic E-state index is 13.7. The van der Waals surface area contributed by atoms with E-state index in [-0.39, 0.29) is 5.69 Å². The smallest absolute Gasteiger partial charge is 0.320 e. The van der Waals surface area contributed by atoms with E-state index in [9.17, 15) is 26.8 Å².